The lowest BCUT2D eigenvalue weighted by Gasteiger charge is -2.29. The van der Waals surface area contributed by atoms with Crippen molar-refractivity contribution < 1.29 is 17.1 Å². The predicted molar refractivity (Wildman–Crippen MR) is 141 cm³/mol. The van der Waals surface area contributed by atoms with Crippen molar-refractivity contribution in [3.63, 3.8) is 0 Å². The van der Waals surface area contributed by atoms with Crippen LogP contribution in [0.3, 0.4) is 0 Å². The van der Waals surface area contributed by atoms with Gasteiger partial charge in [-0.2, -0.15) is 0 Å². The first-order valence-electron chi connectivity index (χ1n) is 10.9. The highest BCUT2D eigenvalue weighted by atomic mass is 35.5. The molecule has 170 valence electrons. The molecule has 0 heterocycles. The fourth-order valence-corrected chi connectivity index (χ4v) is 9.41. The van der Waals surface area contributed by atoms with Crippen LogP contribution >= 0.6 is 18.9 Å². The van der Waals surface area contributed by atoms with Gasteiger partial charge in [0, 0.05) is 11.1 Å². The monoisotopic (exact) mass is 494 g/mol. The van der Waals surface area contributed by atoms with Crippen molar-refractivity contribution in [3.05, 3.63) is 118 Å². The predicted octanol–water partition coefficient (Wildman–Crippen LogP) is 3.77. The van der Waals surface area contributed by atoms with E-state index in [0.717, 1.165) is 28.1 Å². The fraction of sp³-hybridized carbons (Fsp3) is 0.172. The number of hydrogen-bond acceptors (Lipinski definition) is 1. The summed E-state index contributed by atoms with van der Waals surface area (Å²) in [5, 5.41) is 4.90. The molecule has 0 atom stereocenters. The number of rotatable bonds is 6. The van der Waals surface area contributed by atoms with Crippen LogP contribution in [0.1, 0.15) is 22.3 Å². The normalized spacial score (nSPS) is 11.1. The summed E-state index contributed by atoms with van der Waals surface area (Å²) in [4.78, 5) is 0. The van der Waals surface area contributed by atoms with E-state index in [2.05, 4.69) is 112 Å². The van der Waals surface area contributed by atoms with Gasteiger partial charge in [0.1, 0.15) is 35.1 Å². The molecule has 0 saturated carbocycles. The van der Waals surface area contributed by atoms with Gasteiger partial charge in [-0.05, 0) is 68.3 Å². The van der Waals surface area contributed by atoms with Crippen molar-refractivity contribution in [1.82, 2.24) is 0 Å². The van der Waals surface area contributed by atoms with Crippen LogP contribution in [0.5, 0.6) is 5.75 Å². The fourth-order valence-electron chi connectivity index (χ4n) is 4.67. The van der Waals surface area contributed by atoms with E-state index < -0.39 is 7.26 Å². The van der Waals surface area contributed by atoms with Gasteiger partial charge >= 0.3 is 0 Å². The maximum absolute atomic E-state index is 7.06. The largest absolute Gasteiger partial charge is 1.00 e. The molecular formula is C29H29Cl2OP. The standard InChI is InChI=1S/C29H29ClOP.ClH/c1-21-22(2)29(31-4)23(3)28(30)27(21)20-32(24-14-8-5-9-15-24,25-16-10-6-11-17-25)26-18-12-7-13-19-26;/h5-19H,20H2,1-4H3;1H/q+1;/p-1. The highest BCUT2D eigenvalue weighted by Gasteiger charge is 2.46. The van der Waals surface area contributed by atoms with E-state index in [4.69, 9.17) is 16.3 Å². The quantitative estimate of drug-likeness (QED) is 0.370. The van der Waals surface area contributed by atoms with Crippen molar-refractivity contribution in [3.8, 4) is 5.75 Å². The first-order chi connectivity index (χ1) is 15.5. The maximum Gasteiger partial charge on any atom is 0.126 e. The maximum atomic E-state index is 7.06. The van der Waals surface area contributed by atoms with Crippen LogP contribution in [0.2, 0.25) is 5.02 Å². The Morgan fingerprint density at radius 1 is 0.636 bits per heavy atom. The smallest absolute Gasteiger partial charge is 0.126 e. The Balaban J connectivity index is 0.00000306. The van der Waals surface area contributed by atoms with Crippen LogP contribution in [0, 0.1) is 20.8 Å². The first-order valence-corrected chi connectivity index (χ1v) is 13.2. The highest BCUT2D eigenvalue weighted by molar-refractivity contribution is 7.95. The summed E-state index contributed by atoms with van der Waals surface area (Å²) >= 11 is 7.06. The zero-order valence-corrected chi connectivity index (χ0v) is 21.9. The number of methoxy groups -OCH3 is 1. The SMILES string of the molecule is COc1c(C)c(C)c(C[P+](c2ccccc2)(c2ccccc2)c2ccccc2)c(Cl)c1C.[Cl-]. The molecule has 0 amide bonds. The molecule has 4 heteroatoms. The molecule has 0 radical (unpaired) electrons. The number of ether oxygens (including phenoxy) is 1. The third kappa shape index (κ3) is 4.56. The van der Waals surface area contributed by atoms with Gasteiger partial charge in [0.05, 0.1) is 12.1 Å². The lowest BCUT2D eigenvalue weighted by Crippen LogP contribution is -3.00. The Morgan fingerprint density at radius 3 is 1.39 bits per heavy atom. The number of hydrogen-bond donors (Lipinski definition) is 0. The van der Waals surface area contributed by atoms with Gasteiger partial charge in [0.15, 0.2) is 0 Å². The molecule has 0 aliphatic rings. The molecule has 4 aromatic carbocycles. The molecule has 0 spiro atoms. The van der Waals surface area contributed by atoms with Gasteiger partial charge in [0.25, 0.3) is 0 Å². The Hall–Kier alpha value is -2.31. The second-order valence-electron chi connectivity index (χ2n) is 8.18. The molecule has 4 aromatic rings. The van der Waals surface area contributed by atoms with Gasteiger partial charge in [-0.1, -0.05) is 66.2 Å². The van der Waals surface area contributed by atoms with Gasteiger partial charge in [-0.25, -0.2) is 0 Å². The molecule has 0 fully saturated rings. The third-order valence-electron chi connectivity index (χ3n) is 6.48. The van der Waals surface area contributed by atoms with Crippen LogP contribution in [0.4, 0.5) is 0 Å². The second kappa shape index (κ2) is 10.7. The highest BCUT2D eigenvalue weighted by Crippen LogP contribution is 2.59. The molecule has 0 bridgehead atoms. The van der Waals surface area contributed by atoms with E-state index in [-0.39, 0.29) is 12.4 Å². The summed E-state index contributed by atoms with van der Waals surface area (Å²) in [5.41, 5.74) is 4.60. The van der Waals surface area contributed by atoms with Crippen molar-refractivity contribution in [2.45, 2.75) is 26.9 Å². The molecule has 1 nitrogen and oxygen atoms in total. The summed E-state index contributed by atoms with van der Waals surface area (Å²) in [5.74, 6) is 0.888. The van der Waals surface area contributed by atoms with E-state index in [1.807, 2.05) is 0 Å². The Labute approximate surface area is 209 Å². The van der Waals surface area contributed by atoms with E-state index in [1.165, 1.54) is 27.0 Å². The van der Waals surface area contributed by atoms with Gasteiger partial charge in [0.2, 0.25) is 0 Å². The third-order valence-corrected chi connectivity index (χ3v) is 11.3. The average molecular weight is 495 g/mol. The zero-order chi connectivity index (χ0) is 22.7. The minimum atomic E-state index is -2.02. The van der Waals surface area contributed by atoms with Crippen molar-refractivity contribution >= 4 is 34.8 Å². The minimum Gasteiger partial charge on any atom is -1.00 e. The van der Waals surface area contributed by atoms with E-state index in [9.17, 15) is 0 Å². The molecule has 0 aliphatic carbocycles. The number of benzene rings is 4. The summed E-state index contributed by atoms with van der Waals surface area (Å²) < 4.78 is 5.70. The van der Waals surface area contributed by atoms with E-state index >= 15 is 0 Å². The lowest BCUT2D eigenvalue weighted by molar-refractivity contribution is -0.00000663. The van der Waals surface area contributed by atoms with Crippen LogP contribution in [-0.2, 0) is 6.16 Å². The summed E-state index contributed by atoms with van der Waals surface area (Å²) in [6.07, 6.45) is 0.862. The molecule has 0 N–H and O–H groups in total. The summed E-state index contributed by atoms with van der Waals surface area (Å²) in [6.45, 7) is 6.37. The molecule has 33 heavy (non-hydrogen) atoms. The number of halogens is 2. The van der Waals surface area contributed by atoms with Gasteiger partial charge in [-0.3, -0.25) is 0 Å². The van der Waals surface area contributed by atoms with Gasteiger partial charge in [-0.15, -0.1) is 0 Å². The van der Waals surface area contributed by atoms with E-state index in [0.29, 0.717) is 0 Å². The lowest BCUT2D eigenvalue weighted by atomic mass is 9.99. The van der Waals surface area contributed by atoms with E-state index in [1.54, 1.807) is 7.11 Å². The van der Waals surface area contributed by atoms with Gasteiger partial charge < -0.3 is 17.1 Å². The second-order valence-corrected chi connectivity index (χ2v) is 12.0. The Morgan fingerprint density at radius 2 is 1.03 bits per heavy atom. The Kier molecular flexibility index (Phi) is 8.24. The Bertz CT molecular complexity index is 1080. The van der Waals surface area contributed by atoms with Crippen LogP contribution in [0.25, 0.3) is 0 Å². The van der Waals surface area contributed by atoms with Crippen LogP contribution < -0.4 is 33.1 Å². The molecule has 0 unspecified atom stereocenters. The van der Waals surface area contributed by atoms with Crippen molar-refractivity contribution in [2.24, 2.45) is 0 Å². The van der Waals surface area contributed by atoms with Crippen LogP contribution in [-0.4, -0.2) is 7.11 Å². The molecule has 4 rings (SSSR count). The van der Waals surface area contributed by atoms with Crippen molar-refractivity contribution in [2.75, 3.05) is 7.11 Å². The zero-order valence-electron chi connectivity index (χ0n) is 19.5. The molecule has 0 aliphatic heterocycles. The first kappa shape index (κ1) is 25.3. The van der Waals surface area contributed by atoms with Crippen molar-refractivity contribution in [1.29, 1.82) is 0 Å². The summed E-state index contributed by atoms with van der Waals surface area (Å²) in [6, 6.07) is 32.8. The summed E-state index contributed by atoms with van der Waals surface area (Å²) in [7, 11) is -0.295. The minimum absolute atomic E-state index is 0. The molecule has 0 aromatic heterocycles. The van der Waals surface area contributed by atoms with Crippen LogP contribution in [0.15, 0.2) is 91.0 Å². The topological polar surface area (TPSA) is 9.23 Å². The molecular weight excluding hydrogens is 466 g/mol. The average Bonchev–Trinajstić information content (AvgIpc) is 2.85. The molecule has 0 saturated heterocycles.